The van der Waals surface area contributed by atoms with E-state index in [2.05, 4.69) is 5.16 Å². The van der Waals surface area contributed by atoms with Crippen LogP contribution in [0.3, 0.4) is 0 Å². The molecule has 0 aliphatic rings. The first kappa shape index (κ1) is 16.2. The fraction of sp³-hybridized carbons (Fsp3) is 0.235. The average molecular weight is 320 g/mol. The summed E-state index contributed by atoms with van der Waals surface area (Å²) in [6.07, 6.45) is 1.59. The summed E-state index contributed by atoms with van der Waals surface area (Å²) in [6, 6.07) is 11.5. The minimum Gasteiger partial charge on any atom is -0.493 e. The van der Waals surface area contributed by atoms with Crippen LogP contribution in [0, 0.1) is 6.92 Å². The summed E-state index contributed by atoms with van der Waals surface area (Å²) in [7, 11) is 3.10. The van der Waals surface area contributed by atoms with Crippen molar-refractivity contribution in [2.45, 2.75) is 13.5 Å². The lowest BCUT2D eigenvalue weighted by molar-refractivity contribution is 0.131. The van der Waals surface area contributed by atoms with Gasteiger partial charge in [0.05, 0.1) is 25.5 Å². The maximum absolute atomic E-state index is 6.14. The molecular weight excluding hydrogens is 302 g/mol. The standard InChI is InChI=1S/C17H18ClNO3/c1-12-6-4-5-7-14(12)11-22-19-10-13-8-15(18)17(21-3)16(9-13)20-2/h4-10H,11H2,1-3H3/b19-10-. The van der Waals surface area contributed by atoms with Gasteiger partial charge in [-0.05, 0) is 30.2 Å². The highest BCUT2D eigenvalue weighted by Gasteiger charge is 2.09. The van der Waals surface area contributed by atoms with Crippen LogP contribution in [0.2, 0.25) is 5.02 Å². The number of halogens is 1. The Morgan fingerprint density at radius 2 is 1.91 bits per heavy atom. The van der Waals surface area contributed by atoms with E-state index in [9.17, 15) is 0 Å². The van der Waals surface area contributed by atoms with Crippen LogP contribution in [0.1, 0.15) is 16.7 Å². The van der Waals surface area contributed by atoms with Crippen LogP contribution in [-0.4, -0.2) is 20.4 Å². The van der Waals surface area contributed by atoms with Crippen LogP contribution in [-0.2, 0) is 11.4 Å². The van der Waals surface area contributed by atoms with Gasteiger partial charge in [-0.15, -0.1) is 0 Å². The number of oxime groups is 1. The van der Waals surface area contributed by atoms with Gasteiger partial charge in [-0.3, -0.25) is 0 Å². The molecule has 0 aromatic heterocycles. The first-order valence-electron chi connectivity index (χ1n) is 6.77. The van der Waals surface area contributed by atoms with Crippen molar-refractivity contribution in [3.05, 3.63) is 58.1 Å². The van der Waals surface area contributed by atoms with E-state index in [1.54, 1.807) is 32.6 Å². The van der Waals surface area contributed by atoms with Crippen molar-refractivity contribution in [2.75, 3.05) is 14.2 Å². The highest BCUT2D eigenvalue weighted by molar-refractivity contribution is 6.32. The molecule has 116 valence electrons. The molecule has 2 aromatic rings. The van der Waals surface area contributed by atoms with Gasteiger partial charge in [-0.2, -0.15) is 0 Å². The molecule has 4 nitrogen and oxygen atoms in total. The first-order chi connectivity index (χ1) is 10.7. The van der Waals surface area contributed by atoms with Crippen LogP contribution >= 0.6 is 11.6 Å². The second kappa shape index (κ2) is 7.71. The van der Waals surface area contributed by atoms with E-state index >= 15 is 0 Å². The Balaban J connectivity index is 2.04. The quantitative estimate of drug-likeness (QED) is 0.591. The number of aryl methyl sites for hydroxylation is 1. The van der Waals surface area contributed by atoms with Crippen LogP contribution in [0.25, 0.3) is 0 Å². The van der Waals surface area contributed by atoms with Crippen LogP contribution in [0.4, 0.5) is 0 Å². The number of rotatable bonds is 6. The Bertz CT molecular complexity index is 671. The molecule has 0 spiro atoms. The van der Waals surface area contributed by atoms with Crippen molar-refractivity contribution < 1.29 is 14.3 Å². The molecular formula is C17H18ClNO3. The average Bonchev–Trinajstić information content (AvgIpc) is 2.52. The van der Waals surface area contributed by atoms with E-state index in [-0.39, 0.29) is 0 Å². The largest absolute Gasteiger partial charge is 0.493 e. The van der Waals surface area contributed by atoms with Crippen molar-refractivity contribution in [1.29, 1.82) is 0 Å². The lowest BCUT2D eigenvalue weighted by Gasteiger charge is -2.09. The normalized spacial score (nSPS) is 10.7. The maximum Gasteiger partial charge on any atom is 0.179 e. The molecule has 0 saturated heterocycles. The number of hydrogen-bond acceptors (Lipinski definition) is 4. The molecule has 0 bridgehead atoms. The minimum atomic E-state index is 0.421. The van der Waals surface area contributed by atoms with Gasteiger partial charge in [0.1, 0.15) is 6.61 Å². The fourth-order valence-corrected chi connectivity index (χ4v) is 2.29. The molecule has 0 fully saturated rings. The van der Waals surface area contributed by atoms with Crippen molar-refractivity contribution in [3.63, 3.8) is 0 Å². The molecule has 0 heterocycles. The molecule has 0 aliphatic carbocycles. The number of methoxy groups -OCH3 is 2. The third kappa shape index (κ3) is 3.92. The van der Waals surface area contributed by atoms with Gasteiger partial charge >= 0.3 is 0 Å². The Hall–Kier alpha value is -2.20. The molecule has 5 heteroatoms. The molecule has 0 atom stereocenters. The van der Waals surface area contributed by atoms with E-state index in [1.165, 1.54) is 5.56 Å². The van der Waals surface area contributed by atoms with Gasteiger partial charge in [-0.25, -0.2) is 0 Å². The topological polar surface area (TPSA) is 40.0 Å². The maximum atomic E-state index is 6.14. The first-order valence-corrected chi connectivity index (χ1v) is 7.15. The third-order valence-corrected chi connectivity index (χ3v) is 3.49. The summed E-state index contributed by atoms with van der Waals surface area (Å²) in [6.45, 7) is 2.46. The molecule has 2 aromatic carbocycles. The van der Waals surface area contributed by atoms with Gasteiger partial charge in [-0.1, -0.05) is 41.0 Å². The van der Waals surface area contributed by atoms with Crippen molar-refractivity contribution in [3.8, 4) is 11.5 Å². The van der Waals surface area contributed by atoms with E-state index < -0.39 is 0 Å². The van der Waals surface area contributed by atoms with Crippen LogP contribution in [0.5, 0.6) is 11.5 Å². The van der Waals surface area contributed by atoms with Gasteiger partial charge in [0.2, 0.25) is 0 Å². The molecule has 0 amide bonds. The van der Waals surface area contributed by atoms with Crippen molar-refractivity contribution in [2.24, 2.45) is 5.16 Å². The fourth-order valence-electron chi connectivity index (χ4n) is 1.99. The summed E-state index contributed by atoms with van der Waals surface area (Å²) < 4.78 is 10.4. The SMILES string of the molecule is COc1cc(/C=N\OCc2ccccc2C)cc(Cl)c1OC. The Kier molecular flexibility index (Phi) is 5.67. The molecule has 2 rings (SSSR count). The minimum absolute atomic E-state index is 0.421. The summed E-state index contributed by atoms with van der Waals surface area (Å²) in [5.41, 5.74) is 3.05. The zero-order valence-corrected chi connectivity index (χ0v) is 13.6. The van der Waals surface area contributed by atoms with Crippen LogP contribution in [0.15, 0.2) is 41.6 Å². The summed E-state index contributed by atoms with van der Waals surface area (Å²) in [5.74, 6) is 1.05. The highest BCUT2D eigenvalue weighted by Crippen LogP contribution is 2.35. The molecule has 0 unspecified atom stereocenters. The number of nitrogens with zero attached hydrogens (tertiary/aromatic N) is 1. The molecule has 22 heavy (non-hydrogen) atoms. The second-order valence-corrected chi connectivity index (χ2v) is 5.08. The smallest absolute Gasteiger partial charge is 0.179 e. The lowest BCUT2D eigenvalue weighted by atomic mass is 10.1. The van der Waals surface area contributed by atoms with Gasteiger partial charge < -0.3 is 14.3 Å². The predicted octanol–water partition coefficient (Wildman–Crippen LogP) is 4.22. The van der Waals surface area contributed by atoms with Gasteiger partial charge in [0.25, 0.3) is 0 Å². The number of ether oxygens (including phenoxy) is 2. The Morgan fingerprint density at radius 3 is 2.59 bits per heavy atom. The summed E-state index contributed by atoms with van der Waals surface area (Å²) >= 11 is 6.14. The predicted molar refractivity (Wildman–Crippen MR) is 88.1 cm³/mol. The Morgan fingerprint density at radius 1 is 1.14 bits per heavy atom. The number of hydrogen-bond donors (Lipinski definition) is 0. The summed E-state index contributed by atoms with van der Waals surface area (Å²) in [4.78, 5) is 5.33. The summed E-state index contributed by atoms with van der Waals surface area (Å²) in [5, 5.41) is 4.43. The monoisotopic (exact) mass is 319 g/mol. The van der Waals surface area contributed by atoms with Crippen molar-refractivity contribution in [1.82, 2.24) is 0 Å². The van der Waals surface area contributed by atoms with E-state index in [0.29, 0.717) is 23.1 Å². The van der Waals surface area contributed by atoms with E-state index in [1.807, 2.05) is 31.2 Å². The molecule has 0 N–H and O–H groups in total. The van der Waals surface area contributed by atoms with E-state index in [4.69, 9.17) is 25.9 Å². The Labute approximate surface area is 135 Å². The lowest BCUT2D eigenvalue weighted by Crippen LogP contribution is -1.94. The van der Waals surface area contributed by atoms with Gasteiger partial charge in [0, 0.05) is 5.56 Å². The third-order valence-electron chi connectivity index (χ3n) is 3.21. The highest BCUT2D eigenvalue weighted by atomic mass is 35.5. The van der Waals surface area contributed by atoms with E-state index in [0.717, 1.165) is 11.1 Å². The number of benzene rings is 2. The van der Waals surface area contributed by atoms with Gasteiger partial charge in [0.15, 0.2) is 11.5 Å². The molecule has 0 aliphatic heterocycles. The molecule has 0 saturated carbocycles. The van der Waals surface area contributed by atoms with Crippen molar-refractivity contribution >= 4 is 17.8 Å². The zero-order chi connectivity index (χ0) is 15.9. The second-order valence-electron chi connectivity index (χ2n) is 4.67. The molecule has 0 radical (unpaired) electrons. The zero-order valence-electron chi connectivity index (χ0n) is 12.8. The van der Waals surface area contributed by atoms with Crippen LogP contribution < -0.4 is 9.47 Å².